The van der Waals surface area contributed by atoms with Crippen molar-refractivity contribution in [1.29, 1.82) is 0 Å². The molecule has 1 aliphatic rings. The minimum absolute atomic E-state index is 0.0751. The molecule has 1 aliphatic heterocycles. The fraction of sp³-hybridized carbons (Fsp3) is 0.389. The number of halogens is 1. The minimum atomic E-state index is -3.76. The SMILES string of the molecule is CCc1ncnc(O[C@@H]2CCN(S(=O)(=O)c3ccc(OCC(N)=O)cc3)C2)c1F. The Kier molecular flexibility index (Phi) is 6.28. The van der Waals surface area contributed by atoms with Gasteiger partial charge in [-0.25, -0.2) is 13.4 Å². The predicted octanol–water partition coefficient (Wildman–Crippen LogP) is 0.884. The summed E-state index contributed by atoms with van der Waals surface area (Å²) in [5.74, 6) is -1.09. The van der Waals surface area contributed by atoms with Crippen LogP contribution in [0.15, 0.2) is 35.5 Å². The van der Waals surface area contributed by atoms with Crippen molar-refractivity contribution in [2.24, 2.45) is 5.73 Å². The summed E-state index contributed by atoms with van der Waals surface area (Å²) in [6.07, 6.45) is 1.51. The lowest BCUT2D eigenvalue weighted by Gasteiger charge is -2.17. The number of ether oxygens (including phenoxy) is 2. The minimum Gasteiger partial charge on any atom is -0.484 e. The number of carbonyl (C=O) groups is 1. The van der Waals surface area contributed by atoms with E-state index < -0.39 is 27.9 Å². The van der Waals surface area contributed by atoms with Crippen LogP contribution in [0, 0.1) is 5.82 Å². The number of amides is 1. The Morgan fingerprint density at radius 2 is 2.03 bits per heavy atom. The van der Waals surface area contributed by atoms with Gasteiger partial charge >= 0.3 is 0 Å². The van der Waals surface area contributed by atoms with Gasteiger partial charge in [-0.2, -0.15) is 13.7 Å². The van der Waals surface area contributed by atoms with E-state index in [4.69, 9.17) is 15.2 Å². The summed E-state index contributed by atoms with van der Waals surface area (Å²) in [4.78, 5) is 18.5. The zero-order valence-corrected chi connectivity index (χ0v) is 16.6. The third-order valence-electron chi connectivity index (χ3n) is 4.39. The molecule has 29 heavy (non-hydrogen) atoms. The molecule has 0 unspecified atom stereocenters. The van der Waals surface area contributed by atoms with Crippen molar-refractivity contribution in [3.63, 3.8) is 0 Å². The molecule has 2 N–H and O–H groups in total. The molecule has 2 aromatic rings. The summed E-state index contributed by atoms with van der Waals surface area (Å²) >= 11 is 0. The van der Waals surface area contributed by atoms with E-state index in [1.807, 2.05) is 0 Å². The number of aromatic nitrogens is 2. The molecule has 0 bridgehead atoms. The predicted molar refractivity (Wildman–Crippen MR) is 100 cm³/mol. The number of hydrogen-bond donors (Lipinski definition) is 1. The van der Waals surface area contributed by atoms with E-state index in [1.165, 1.54) is 34.9 Å². The van der Waals surface area contributed by atoms with Gasteiger partial charge in [0.2, 0.25) is 15.8 Å². The lowest BCUT2D eigenvalue weighted by Crippen LogP contribution is -2.31. The van der Waals surface area contributed by atoms with Gasteiger partial charge in [0.05, 0.1) is 17.1 Å². The van der Waals surface area contributed by atoms with Gasteiger partial charge < -0.3 is 15.2 Å². The van der Waals surface area contributed by atoms with Crippen molar-refractivity contribution in [1.82, 2.24) is 14.3 Å². The van der Waals surface area contributed by atoms with Crippen LogP contribution < -0.4 is 15.2 Å². The van der Waals surface area contributed by atoms with E-state index >= 15 is 0 Å². The lowest BCUT2D eigenvalue weighted by atomic mass is 10.3. The Balaban J connectivity index is 1.66. The maximum Gasteiger partial charge on any atom is 0.255 e. The van der Waals surface area contributed by atoms with Crippen molar-refractivity contribution in [3.05, 3.63) is 42.1 Å². The Bertz CT molecular complexity index is 984. The average molecular weight is 424 g/mol. The number of primary amides is 1. The molecule has 1 atom stereocenters. The summed E-state index contributed by atoms with van der Waals surface area (Å²) < 4.78 is 51.9. The molecule has 1 amide bonds. The number of nitrogens with zero attached hydrogens (tertiary/aromatic N) is 3. The number of aryl methyl sites for hydroxylation is 1. The van der Waals surface area contributed by atoms with Crippen LogP contribution in [0.1, 0.15) is 19.0 Å². The average Bonchev–Trinajstić information content (AvgIpc) is 3.18. The largest absolute Gasteiger partial charge is 0.484 e. The first-order valence-corrected chi connectivity index (χ1v) is 10.4. The zero-order valence-electron chi connectivity index (χ0n) is 15.7. The van der Waals surface area contributed by atoms with Gasteiger partial charge in [0, 0.05) is 6.54 Å². The molecule has 0 spiro atoms. The molecule has 2 heterocycles. The normalized spacial score (nSPS) is 17.2. The summed E-state index contributed by atoms with van der Waals surface area (Å²) in [6, 6.07) is 5.67. The lowest BCUT2D eigenvalue weighted by molar-refractivity contribution is -0.119. The van der Waals surface area contributed by atoms with Crippen LogP contribution in [0.25, 0.3) is 0 Å². The van der Waals surface area contributed by atoms with Gasteiger partial charge in [-0.05, 0) is 37.1 Å². The van der Waals surface area contributed by atoms with Gasteiger partial charge in [0.25, 0.3) is 11.8 Å². The fourth-order valence-corrected chi connectivity index (χ4v) is 4.38. The molecule has 9 nitrogen and oxygen atoms in total. The van der Waals surface area contributed by atoms with Crippen LogP contribution in [0.2, 0.25) is 0 Å². The maximum absolute atomic E-state index is 14.3. The first-order valence-electron chi connectivity index (χ1n) is 8.98. The van der Waals surface area contributed by atoms with Crippen LogP contribution in [-0.2, 0) is 21.2 Å². The van der Waals surface area contributed by atoms with E-state index in [-0.39, 0.29) is 36.2 Å². The molecule has 1 fully saturated rings. The van der Waals surface area contributed by atoms with Crippen LogP contribution in [0.4, 0.5) is 4.39 Å². The molecule has 3 rings (SSSR count). The molecule has 1 saturated heterocycles. The Morgan fingerprint density at radius 3 is 2.69 bits per heavy atom. The molecule has 0 saturated carbocycles. The van der Waals surface area contributed by atoms with Crippen LogP contribution >= 0.6 is 0 Å². The highest BCUT2D eigenvalue weighted by Crippen LogP contribution is 2.26. The highest BCUT2D eigenvalue weighted by molar-refractivity contribution is 7.89. The second kappa shape index (κ2) is 8.70. The summed E-state index contributed by atoms with van der Waals surface area (Å²) in [5, 5.41) is 0. The number of carbonyl (C=O) groups excluding carboxylic acids is 1. The number of nitrogens with two attached hydrogens (primary N) is 1. The van der Waals surface area contributed by atoms with Crippen LogP contribution in [0.3, 0.4) is 0 Å². The first-order chi connectivity index (χ1) is 13.8. The van der Waals surface area contributed by atoms with Gasteiger partial charge in [-0.15, -0.1) is 0 Å². The summed E-state index contributed by atoms with van der Waals surface area (Å²) in [5.41, 5.74) is 5.25. The maximum atomic E-state index is 14.3. The highest BCUT2D eigenvalue weighted by atomic mass is 32.2. The standard InChI is InChI=1S/C18H21FN4O5S/c1-2-15-17(19)18(22-11-21-15)28-13-7-8-23(9-13)29(25,26)14-5-3-12(4-6-14)27-10-16(20)24/h3-6,11,13H,2,7-10H2,1H3,(H2,20,24)/t13-/m1/s1. The Morgan fingerprint density at radius 1 is 1.31 bits per heavy atom. The van der Waals surface area contributed by atoms with E-state index in [0.29, 0.717) is 18.6 Å². The first kappa shape index (κ1) is 20.9. The highest BCUT2D eigenvalue weighted by Gasteiger charge is 2.34. The molecule has 1 aromatic carbocycles. The third-order valence-corrected chi connectivity index (χ3v) is 6.27. The van der Waals surface area contributed by atoms with E-state index in [2.05, 4.69) is 9.97 Å². The van der Waals surface area contributed by atoms with Crippen molar-refractivity contribution < 1.29 is 27.1 Å². The van der Waals surface area contributed by atoms with E-state index in [1.54, 1.807) is 6.92 Å². The molecule has 156 valence electrons. The summed E-state index contributed by atoms with van der Waals surface area (Å²) in [7, 11) is -3.76. The van der Waals surface area contributed by atoms with Crippen molar-refractivity contribution in [2.45, 2.75) is 30.8 Å². The number of hydrogen-bond acceptors (Lipinski definition) is 7. The van der Waals surface area contributed by atoms with Crippen LogP contribution in [-0.4, -0.2) is 54.4 Å². The third kappa shape index (κ3) is 4.80. The monoisotopic (exact) mass is 424 g/mol. The molecular formula is C18H21FN4O5S. The smallest absolute Gasteiger partial charge is 0.255 e. The quantitative estimate of drug-likeness (QED) is 0.667. The van der Waals surface area contributed by atoms with Crippen molar-refractivity contribution in [2.75, 3.05) is 19.7 Å². The van der Waals surface area contributed by atoms with Gasteiger partial charge in [0.15, 0.2) is 6.61 Å². The Hall–Kier alpha value is -2.79. The number of sulfonamides is 1. The zero-order chi connectivity index (χ0) is 21.0. The number of benzene rings is 1. The van der Waals surface area contributed by atoms with E-state index in [9.17, 15) is 17.6 Å². The van der Waals surface area contributed by atoms with Crippen molar-refractivity contribution in [3.8, 4) is 11.6 Å². The molecule has 1 aromatic heterocycles. The van der Waals surface area contributed by atoms with Gasteiger partial charge in [-0.1, -0.05) is 6.92 Å². The molecule has 0 aliphatic carbocycles. The van der Waals surface area contributed by atoms with E-state index in [0.717, 1.165) is 0 Å². The van der Waals surface area contributed by atoms with Gasteiger partial charge in [0.1, 0.15) is 18.2 Å². The molecular weight excluding hydrogens is 403 g/mol. The van der Waals surface area contributed by atoms with Crippen LogP contribution in [0.5, 0.6) is 11.6 Å². The Labute approximate surface area is 167 Å². The second-order valence-corrected chi connectivity index (χ2v) is 8.35. The van der Waals surface area contributed by atoms with Crippen molar-refractivity contribution >= 4 is 15.9 Å². The summed E-state index contributed by atoms with van der Waals surface area (Å²) in [6.45, 7) is 1.79. The topological polar surface area (TPSA) is 125 Å². The van der Waals surface area contributed by atoms with Gasteiger partial charge in [-0.3, -0.25) is 4.79 Å². The molecule has 0 radical (unpaired) electrons. The second-order valence-electron chi connectivity index (χ2n) is 6.41. The fourth-order valence-electron chi connectivity index (χ4n) is 2.90. The molecule has 11 heteroatoms. The number of rotatable bonds is 8.